The molecule has 0 saturated heterocycles. The molecule has 7 heteroatoms. The largest absolute Gasteiger partial charge is 0.494 e. The van der Waals surface area contributed by atoms with Gasteiger partial charge in [0, 0.05) is 22.5 Å². The van der Waals surface area contributed by atoms with Crippen LogP contribution in [0.3, 0.4) is 0 Å². The molecule has 134 valence electrons. The van der Waals surface area contributed by atoms with E-state index in [9.17, 15) is 0 Å². The Balaban J connectivity index is 1.78. The zero-order chi connectivity index (χ0) is 18.5. The van der Waals surface area contributed by atoms with Crippen molar-refractivity contribution in [3.8, 4) is 5.75 Å². The topological polar surface area (TPSA) is 59.1 Å². The lowest BCUT2D eigenvalue weighted by Gasteiger charge is -2.11. The summed E-state index contributed by atoms with van der Waals surface area (Å²) in [6.07, 6.45) is 0. The number of nitrogens with one attached hydrogen (secondary N) is 2. The predicted molar refractivity (Wildman–Crippen MR) is 107 cm³/mol. The molecule has 2 N–H and O–H groups in total. The van der Waals surface area contributed by atoms with Crippen LogP contribution in [0.15, 0.2) is 48.5 Å². The Bertz CT molecular complexity index is 901. The van der Waals surface area contributed by atoms with Gasteiger partial charge in [0.05, 0.1) is 17.3 Å². The van der Waals surface area contributed by atoms with Crippen molar-refractivity contribution in [2.75, 3.05) is 17.2 Å². The second-order valence-corrected chi connectivity index (χ2v) is 6.39. The van der Waals surface area contributed by atoms with Crippen molar-refractivity contribution in [3.63, 3.8) is 0 Å². The summed E-state index contributed by atoms with van der Waals surface area (Å²) in [6, 6.07) is 14.8. The summed E-state index contributed by atoms with van der Waals surface area (Å²) < 4.78 is 5.45. The fourth-order valence-electron chi connectivity index (χ4n) is 2.35. The standard InChI is InChI=1S/C19H18Cl2N4O/c1-3-26-15-7-5-14(6-8-15)23-18-10-12(2)22-19(25-18)24-17-9-4-13(20)11-16(17)21/h4-11H,3H2,1-2H3,(H2,22,23,24,25). The van der Waals surface area contributed by atoms with Crippen molar-refractivity contribution in [2.24, 2.45) is 0 Å². The average molecular weight is 389 g/mol. The molecule has 1 aromatic heterocycles. The zero-order valence-electron chi connectivity index (χ0n) is 14.4. The minimum Gasteiger partial charge on any atom is -0.494 e. The summed E-state index contributed by atoms with van der Waals surface area (Å²) in [7, 11) is 0. The number of ether oxygens (including phenoxy) is 1. The van der Waals surface area contributed by atoms with E-state index in [1.807, 2.05) is 44.2 Å². The van der Waals surface area contributed by atoms with Crippen LogP contribution in [0.25, 0.3) is 0 Å². The van der Waals surface area contributed by atoms with E-state index in [4.69, 9.17) is 27.9 Å². The number of hydrogen-bond donors (Lipinski definition) is 2. The van der Waals surface area contributed by atoms with E-state index in [1.165, 1.54) is 0 Å². The van der Waals surface area contributed by atoms with Crippen LogP contribution in [0.1, 0.15) is 12.6 Å². The Kier molecular flexibility index (Phi) is 5.81. The number of rotatable bonds is 6. The maximum absolute atomic E-state index is 6.20. The number of nitrogens with zero attached hydrogens (tertiary/aromatic N) is 2. The maximum Gasteiger partial charge on any atom is 0.229 e. The van der Waals surface area contributed by atoms with Gasteiger partial charge in [0.25, 0.3) is 0 Å². The lowest BCUT2D eigenvalue weighted by molar-refractivity contribution is 0.340. The Hall–Kier alpha value is -2.50. The molecule has 0 fully saturated rings. The molecule has 0 aliphatic carbocycles. The monoisotopic (exact) mass is 388 g/mol. The number of hydrogen-bond acceptors (Lipinski definition) is 5. The third-order valence-electron chi connectivity index (χ3n) is 3.47. The first kappa shape index (κ1) is 18.3. The molecule has 0 unspecified atom stereocenters. The highest BCUT2D eigenvalue weighted by atomic mass is 35.5. The smallest absolute Gasteiger partial charge is 0.229 e. The van der Waals surface area contributed by atoms with Gasteiger partial charge in [-0.3, -0.25) is 0 Å². The number of anilines is 4. The summed E-state index contributed by atoms with van der Waals surface area (Å²) in [5.41, 5.74) is 2.41. The molecule has 3 aromatic rings. The highest BCUT2D eigenvalue weighted by Crippen LogP contribution is 2.28. The van der Waals surface area contributed by atoms with Gasteiger partial charge < -0.3 is 15.4 Å². The first-order valence-corrected chi connectivity index (χ1v) is 8.86. The van der Waals surface area contributed by atoms with Crippen LogP contribution in [0.5, 0.6) is 5.75 Å². The quantitative estimate of drug-likeness (QED) is 0.543. The minimum absolute atomic E-state index is 0.447. The van der Waals surface area contributed by atoms with Crippen molar-refractivity contribution < 1.29 is 4.74 Å². The molecule has 5 nitrogen and oxygen atoms in total. The van der Waals surface area contributed by atoms with Crippen molar-refractivity contribution in [3.05, 3.63) is 64.3 Å². The summed E-state index contributed by atoms with van der Waals surface area (Å²) >= 11 is 12.1. The fourth-order valence-corrected chi connectivity index (χ4v) is 2.80. The zero-order valence-corrected chi connectivity index (χ0v) is 15.9. The van der Waals surface area contributed by atoms with Crippen LogP contribution in [0.2, 0.25) is 10.0 Å². The Morgan fingerprint density at radius 3 is 2.42 bits per heavy atom. The van der Waals surface area contributed by atoms with Gasteiger partial charge >= 0.3 is 0 Å². The van der Waals surface area contributed by atoms with E-state index in [0.717, 1.165) is 17.1 Å². The first-order valence-electron chi connectivity index (χ1n) is 8.11. The summed E-state index contributed by atoms with van der Waals surface area (Å²) in [5, 5.41) is 7.46. The van der Waals surface area contributed by atoms with E-state index >= 15 is 0 Å². The molecule has 0 atom stereocenters. The molecule has 1 heterocycles. The second kappa shape index (κ2) is 8.25. The normalized spacial score (nSPS) is 10.5. The molecule has 0 aliphatic heterocycles. The van der Waals surface area contributed by atoms with Crippen LogP contribution in [0.4, 0.5) is 23.1 Å². The summed E-state index contributed by atoms with van der Waals surface area (Å²) in [5.74, 6) is 1.95. The number of halogens is 2. The molecular weight excluding hydrogens is 371 g/mol. The Morgan fingerprint density at radius 1 is 0.962 bits per heavy atom. The Morgan fingerprint density at radius 2 is 1.73 bits per heavy atom. The van der Waals surface area contributed by atoms with E-state index in [-0.39, 0.29) is 0 Å². The Labute approximate surface area is 162 Å². The first-order chi connectivity index (χ1) is 12.5. The minimum atomic E-state index is 0.447. The van der Waals surface area contributed by atoms with Crippen molar-refractivity contribution in [2.45, 2.75) is 13.8 Å². The molecular formula is C19H18Cl2N4O. The predicted octanol–water partition coefficient (Wildman–Crippen LogP) is 5.98. The van der Waals surface area contributed by atoms with Crippen molar-refractivity contribution in [1.29, 1.82) is 0 Å². The molecule has 0 spiro atoms. The fraction of sp³-hybridized carbons (Fsp3) is 0.158. The molecule has 0 radical (unpaired) electrons. The van der Waals surface area contributed by atoms with Gasteiger partial charge in [-0.05, 0) is 56.3 Å². The van der Waals surface area contributed by atoms with Gasteiger partial charge in [-0.15, -0.1) is 0 Å². The summed E-state index contributed by atoms with van der Waals surface area (Å²) in [4.78, 5) is 8.89. The van der Waals surface area contributed by atoms with Gasteiger partial charge in [-0.2, -0.15) is 4.98 Å². The highest BCUT2D eigenvalue weighted by Gasteiger charge is 2.07. The van der Waals surface area contributed by atoms with E-state index in [2.05, 4.69) is 20.6 Å². The molecule has 26 heavy (non-hydrogen) atoms. The van der Waals surface area contributed by atoms with E-state index < -0.39 is 0 Å². The lowest BCUT2D eigenvalue weighted by atomic mass is 10.3. The number of benzene rings is 2. The van der Waals surface area contributed by atoms with Crippen LogP contribution in [-0.4, -0.2) is 16.6 Å². The lowest BCUT2D eigenvalue weighted by Crippen LogP contribution is -2.02. The average Bonchev–Trinajstić information content (AvgIpc) is 2.59. The third kappa shape index (κ3) is 4.77. The van der Waals surface area contributed by atoms with Crippen LogP contribution < -0.4 is 15.4 Å². The van der Waals surface area contributed by atoms with E-state index in [1.54, 1.807) is 18.2 Å². The second-order valence-electron chi connectivity index (χ2n) is 5.55. The van der Waals surface area contributed by atoms with Gasteiger partial charge in [0.2, 0.25) is 5.95 Å². The highest BCUT2D eigenvalue weighted by molar-refractivity contribution is 6.36. The molecule has 0 saturated carbocycles. The maximum atomic E-state index is 6.20. The van der Waals surface area contributed by atoms with Gasteiger partial charge in [0.1, 0.15) is 11.6 Å². The molecule has 3 rings (SSSR count). The molecule has 0 aliphatic rings. The van der Waals surface area contributed by atoms with Gasteiger partial charge in [-0.25, -0.2) is 4.98 Å². The van der Waals surface area contributed by atoms with Crippen molar-refractivity contribution >= 4 is 46.3 Å². The van der Waals surface area contributed by atoms with Crippen LogP contribution >= 0.6 is 23.2 Å². The van der Waals surface area contributed by atoms with Crippen LogP contribution in [-0.2, 0) is 0 Å². The van der Waals surface area contributed by atoms with Gasteiger partial charge in [-0.1, -0.05) is 23.2 Å². The number of aromatic nitrogens is 2. The SMILES string of the molecule is CCOc1ccc(Nc2cc(C)nc(Nc3ccc(Cl)cc3Cl)n2)cc1. The van der Waals surface area contributed by atoms with Crippen LogP contribution in [0, 0.1) is 6.92 Å². The van der Waals surface area contributed by atoms with Crippen molar-refractivity contribution in [1.82, 2.24) is 9.97 Å². The molecule has 2 aromatic carbocycles. The van der Waals surface area contributed by atoms with E-state index in [0.29, 0.717) is 34.1 Å². The van der Waals surface area contributed by atoms with Gasteiger partial charge in [0.15, 0.2) is 0 Å². The molecule has 0 bridgehead atoms. The third-order valence-corrected chi connectivity index (χ3v) is 4.02. The summed E-state index contributed by atoms with van der Waals surface area (Å²) in [6.45, 7) is 4.50. The number of aryl methyl sites for hydroxylation is 1. The molecule has 0 amide bonds.